The Morgan fingerprint density at radius 3 is 2.56 bits per heavy atom. The van der Waals surface area contributed by atoms with Gasteiger partial charge in [-0.3, -0.25) is 0 Å². The van der Waals surface area contributed by atoms with E-state index < -0.39 is 0 Å². The number of rotatable bonds is 5. The van der Waals surface area contributed by atoms with Gasteiger partial charge in [0.25, 0.3) is 0 Å². The molecule has 1 saturated carbocycles. The van der Waals surface area contributed by atoms with E-state index in [0.717, 1.165) is 36.1 Å². The molecule has 1 aliphatic carbocycles. The lowest BCUT2D eigenvalue weighted by molar-refractivity contribution is 0.105. The molecule has 0 unspecified atom stereocenters. The molecule has 1 aliphatic heterocycles. The molecule has 1 amide bonds. The van der Waals surface area contributed by atoms with Gasteiger partial charge < -0.3 is 19.9 Å². The molecule has 7 heteroatoms. The van der Waals surface area contributed by atoms with Crippen LogP contribution < -0.4 is 10.2 Å². The van der Waals surface area contributed by atoms with Gasteiger partial charge in [-0.05, 0) is 19.8 Å². The van der Waals surface area contributed by atoms with Crippen molar-refractivity contribution in [2.45, 2.75) is 25.8 Å². The van der Waals surface area contributed by atoms with Crippen molar-refractivity contribution in [3.8, 4) is 11.4 Å². The van der Waals surface area contributed by atoms with Crippen LogP contribution in [-0.4, -0.2) is 59.8 Å². The monoisotopic (exact) mass is 367 g/mol. The largest absolute Gasteiger partial charge is 0.450 e. The number of ether oxygens (including phenoxy) is 1. The molecule has 2 heterocycles. The summed E-state index contributed by atoms with van der Waals surface area (Å²) in [5.74, 6) is 2.49. The third-order valence-electron chi connectivity index (χ3n) is 4.80. The lowest BCUT2D eigenvalue weighted by Crippen LogP contribution is -2.49. The summed E-state index contributed by atoms with van der Waals surface area (Å²) in [6.07, 6.45) is 2.15. The molecule has 4 rings (SSSR count). The molecule has 1 saturated heterocycles. The Bertz CT molecular complexity index is 786. The minimum absolute atomic E-state index is 0.235. The normalized spacial score (nSPS) is 16.9. The van der Waals surface area contributed by atoms with Gasteiger partial charge in [0.05, 0.1) is 6.61 Å². The van der Waals surface area contributed by atoms with E-state index in [0.29, 0.717) is 25.7 Å². The zero-order chi connectivity index (χ0) is 18.6. The molecule has 1 N–H and O–H groups in total. The fraction of sp³-hybridized carbons (Fsp3) is 0.450. The first kappa shape index (κ1) is 17.6. The van der Waals surface area contributed by atoms with Gasteiger partial charge in [0.15, 0.2) is 5.82 Å². The first-order chi connectivity index (χ1) is 13.2. The van der Waals surface area contributed by atoms with Crippen LogP contribution in [0.1, 0.15) is 19.8 Å². The molecule has 27 heavy (non-hydrogen) atoms. The SMILES string of the molecule is CCOC(=O)N1CCN(c2cc(NC3CC3)nc(-c3ccccc3)n2)CC1. The Hall–Kier alpha value is -2.83. The summed E-state index contributed by atoms with van der Waals surface area (Å²) in [4.78, 5) is 25.4. The summed E-state index contributed by atoms with van der Waals surface area (Å²) in [6, 6.07) is 12.6. The number of carbonyl (C=O) groups excluding carboxylic acids is 1. The van der Waals surface area contributed by atoms with E-state index in [2.05, 4.69) is 10.2 Å². The summed E-state index contributed by atoms with van der Waals surface area (Å²) < 4.78 is 5.10. The summed E-state index contributed by atoms with van der Waals surface area (Å²) in [7, 11) is 0. The number of anilines is 2. The van der Waals surface area contributed by atoms with Crippen molar-refractivity contribution in [2.24, 2.45) is 0 Å². The Balaban J connectivity index is 1.54. The van der Waals surface area contributed by atoms with Crippen LogP contribution in [0.15, 0.2) is 36.4 Å². The summed E-state index contributed by atoms with van der Waals surface area (Å²) >= 11 is 0. The Morgan fingerprint density at radius 1 is 1.15 bits per heavy atom. The van der Waals surface area contributed by atoms with E-state index in [-0.39, 0.29) is 6.09 Å². The van der Waals surface area contributed by atoms with Crippen LogP contribution in [-0.2, 0) is 4.74 Å². The summed E-state index contributed by atoms with van der Waals surface area (Å²) in [5.41, 5.74) is 1.00. The maximum atomic E-state index is 11.9. The zero-order valence-corrected chi connectivity index (χ0v) is 15.6. The van der Waals surface area contributed by atoms with Crippen LogP contribution >= 0.6 is 0 Å². The Morgan fingerprint density at radius 2 is 1.89 bits per heavy atom. The van der Waals surface area contributed by atoms with E-state index in [4.69, 9.17) is 14.7 Å². The Kier molecular flexibility index (Phi) is 5.09. The van der Waals surface area contributed by atoms with Crippen molar-refractivity contribution in [2.75, 3.05) is 43.0 Å². The first-order valence-corrected chi connectivity index (χ1v) is 9.60. The van der Waals surface area contributed by atoms with Crippen molar-refractivity contribution >= 4 is 17.7 Å². The highest BCUT2D eigenvalue weighted by Gasteiger charge is 2.25. The van der Waals surface area contributed by atoms with Crippen LogP contribution in [0.5, 0.6) is 0 Å². The van der Waals surface area contributed by atoms with E-state index >= 15 is 0 Å². The second-order valence-electron chi connectivity index (χ2n) is 6.89. The van der Waals surface area contributed by atoms with Gasteiger partial charge in [0.1, 0.15) is 11.6 Å². The van der Waals surface area contributed by atoms with Crippen molar-refractivity contribution < 1.29 is 9.53 Å². The molecule has 7 nitrogen and oxygen atoms in total. The van der Waals surface area contributed by atoms with Crippen molar-refractivity contribution in [1.29, 1.82) is 0 Å². The van der Waals surface area contributed by atoms with Crippen LogP contribution in [0, 0.1) is 0 Å². The summed E-state index contributed by atoms with van der Waals surface area (Å²) in [6.45, 7) is 4.96. The molecule has 142 valence electrons. The number of piperazine rings is 1. The predicted molar refractivity (Wildman–Crippen MR) is 105 cm³/mol. The number of hydrogen-bond donors (Lipinski definition) is 1. The van der Waals surface area contributed by atoms with Crippen molar-refractivity contribution in [3.63, 3.8) is 0 Å². The van der Waals surface area contributed by atoms with Gasteiger partial charge in [-0.1, -0.05) is 30.3 Å². The summed E-state index contributed by atoms with van der Waals surface area (Å²) in [5, 5.41) is 3.49. The first-order valence-electron chi connectivity index (χ1n) is 9.60. The second-order valence-corrected chi connectivity index (χ2v) is 6.89. The molecule has 0 radical (unpaired) electrons. The highest BCUT2D eigenvalue weighted by atomic mass is 16.6. The van der Waals surface area contributed by atoms with Crippen LogP contribution in [0.2, 0.25) is 0 Å². The van der Waals surface area contributed by atoms with Crippen LogP contribution in [0.3, 0.4) is 0 Å². The van der Waals surface area contributed by atoms with Crippen molar-refractivity contribution in [3.05, 3.63) is 36.4 Å². The third-order valence-corrected chi connectivity index (χ3v) is 4.80. The van der Waals surface area contributed by atoms with E-state index in [9.17, 15) is 4.79 Å². The van der Waals surface area contributed by atoms with Crippen LogP contribution in [0.25, 0.3) is 11.4 Å². The van der Waals surface area contributed by atoms with Crippen molar-refractivity contribution in [1.82, 2.24) is 14.9 Å². The minimum Gasteiger partial charge on any atom is -0.450 e. The highest BCUT2D eigenvalue weighted by molar-refractivity contribution is 5.68. The zero-order valence-electron chi connectivity index (χ0n) is 15.6. The minimum atomic E-state index is -0.235. The number of aromatic nitrogens is 2. The maximum absolute atomic E-state index is 11.9. The van der Waals surface area contributed by atoms with E-state index in [1.165, 1.54) is 12.8 Å². The van der Waals surface area contributed by atoms with Gasteiger partial charge in [-0.2, -0.15) is 0 Å². The topological polar surface area (TPSA) is 70.6 Å². The molecule has 2 aromatic rings. The van der Waals surface area contributed by atoms with Crippen LogP contribution in [0.4, 0.5) is 16.4 Å². The Labute approximate surface area is 159 Å². The molecule has 1 aromatic carbocycles. The number of amides is 1. The lowest BCUT2D eigenvalue weighted by atomic mass is 10.2. The fourth-order valence-corrected chi connectivity index (χ4v) is 3.16. The molecule has 0 atom stereocenters. The third kappa shape index (κ3) is 4.30. The number of benzene rings is 1. The number of carbonyl (C=O) groups is 1. The average molecular weight is 367 g/mol. The molecular weight excluding hydrogens is 342 g/mol. The van der Waals surface area contributed by atoms with E-state index in [1.807, 2.05) is 43.3 Å². The number of hydrogen-bond acceptors (Lipinski definition) is 6. The molecular formula is C20H25N5O2. The number of nitrogens with zero attached hydrogens (tertiary/aromatic N) is 4. The number of nitrogens with one attached hydrogen (secondary N) is 1. The van der Waals surface area contributed by atoms with Gasteiger partial charge in [-0.25, -0.2) is 14.8 Å². The maximum Gasteiger partial charge on any atom is 0.409 e. The quantitative estimate of drug-likeness (QED) is 0.876. The van der Waals surface area contributed by atoms with Gasteiger partial charge in [0, 0.05) is 43.9 Å². The molecule has 1 aromatic heterocycles. The molecule has 0 spiro atoms. The predicted octanol–water partition coefficient (Wildman–Crippen LogP) is 3.00. The van der Waals surface area contributed by atoms with E-state index in [1.54, 1.807) is 4.90 Å². The second kappa shape index (κ2) is 7.82. The molecule has 2 aliphatic rings. The van der Waals surface area contributed by atoms with Gasteiger partial charge in [0.2, 0.25) is 0 Å². The standard InChI is InChI=1S/C20H25N5O2/c1-2-27-20(26)25-12-10-24(11-13-25)18-14-17(21-16-8-9-16)22-19(23-18)15-6-4-3-5-7-15/h3-7,14,16H,2,8-13H2,1H3,(H,21,22,23). The lowest BCUT2D eigenvalue weighted by Gasteiger charge is -2.34. The average Bonchev–Trinajstić information content (AvgIpc) is 3.53. The van der Waals surface area contributed by atoms with Gasteiger partial charge >= 0.3 is 6.09 Å². The molecule has 0 bridgehead atoms. The highest BCUT2D eigenvalue weighted by Crippen LogP contribution is 2.28. The molecule has 2 fully saturated rings. The van der Waals surface area contributed by atoms with Gasteiger partial charge in [-0.15, -0.1) is 0 Å². The smallest absolute Gasteiger partial charge is 0.409 e. The fourth-order valence-electron chi connectivity index (χ4n) is 3.16.